The van der Waals surface area contributed by atoms with E-state index in [-0.39, 0.29) is 0 Å². The van der Waals surface area contributed by atoms with Crippen LogP contribution in [-0.4, -0.2) is 0 Å². The molecule has 0 N–H and O–H groups in total. The fourth-order valence-corrected chi connectivity index (χ4v) is 1.09. The summed E-state index contributed by atoms with van der Waals surface area (Å²) >= 11 is 3.10. The molecule has 0 radical (unpaired) electrons. The molecule has 0 spiro atoms. The normalized spacial score (nSPS) is 20.2. The van der Waals surface area contributed by atoms with E-state index in [0.717, 1.165) is 0 Å². The molecule has 0 atom stereocenters. The number of halogens is 1. The van der Waals surface area contributed by atoms with Gasteiger partial charge in [-0.15, -0.1) is 0 Å². The molecular weight excluding hydrogens is 167 g/mol. The Morgan fingerprint density at radius 2 is 1.83 bits per heavy atom. The summed E-state index contributed by atoms with van der Waals surface area (Å²) in [5, 5.41) is 0. The highest BCUT2D eigenvalue weighted by molar-refractivity contribution is 9.38. The monoisotopic (exact) mass is 168 g/mol. The molecule has 6 heavy (non-hydrogen) atoms. The Morgan fingerprint density at radius 1 is 1.33 bits per heavy atom. The van der Waals surface area contributed by atoms with Crippen molar-refractivity contribution in [3.63, 3.8) is 0 Å². The lowest BCUT2D eigenvalue weighted by Gasteiger charge is -1.92. The Labute approximate surface area is 44.8 Å². The van der Waals surface area contributed by atoms with Gasteiger partial charge in [-0.1, -0.05) is 0 Å². The van der Waals surface area contributed by atoms with E-state index < -0.39 is 7.08 Å². The first-order valence-electron chi connectivity index (χ1n) is 1.34. The molecule has 4 heteroatoms. The third-order valence-electron chi connectivity index (χ3n) is 0.343. The summed E-state index contributed by atoms with van der Waals surface area (Å²) in [6.07, 6.45) is 3.03. The van der Waals surface area contributed by atoms with Gasteiger partial charge in [0.15, 0.2) is 0 Å². The first-order valence-corrected chi connectivity index (χ1v) is 4.54. The lowest BCUT2D eigenvalue weighted by Crippen LogP contribution is -1.51. The first-order chi connectivity index (χ1) is 2.89. The molecule has 1 aliphatic heterocycles. The lowest BCUT2D eigenvalue weighted by molar-refractivity contribution is 0.500. The van der Waals surface area contributed by atoms with Crippen LogP contribution in [-0.2, 0) is 9.05 Å². The summed E-state index contributed by atoms with van der Waals surface area (Å²) in [6, 6.07) is 0. The summed E-state index contributed by atoms with van der Waals surface area (Å²) < 4.78 is 9.46. The van der Waals surface area contributed by atoms with Gasteiger partial charge in [0.05, 0.1) is 0 Å². The van der Waals surface area contributed by atoms with E-state index in [2.05, 4.69) is 15.5 Å². The van der Waals surface area contributed by atoms with Crippen molar-refractivity contribution in [3.8, 4) is 0 Å². The molecule has 1 heterocycles. The molecule has 0 aliphatic carbocycles. The molecule has 0 unspecified atom stereocenters. The minimum atomic E-state index is -0.764. The third kappa shape index (κ3) is 0.854. The van der Waals surface area contributed by atoms with Crippen LogP contribution in [0.2, 0.25) is 0 Å². The van der Waals surface area contributed by atoms with E-state index in [1.54, 1.807) is 0 Å². The largest absolute Gasteiger partial charge is 0.435 e. The average Bonchev–Trinajstić information content (AvgIpc) is 1.86. The lowest BCUT2D eigenvalue weighted by atomic mass is 11.1. The van der Waals surface area contributed by atoms with Gasteiger partial charge in [-0.25, -0.2) is 0 Å². The van der Waals surface area contributed by atoms with Gasteiger partial charge in [0.25, 0.3) is 0 Å². The van der Waals surface area contributed by atoms with Crippen LogP contribution in [0, 0.1) is 0 Å². The van der Waals surface area contributed by atoms with Crippen LogP contribution >= 0.6 is 22.6 Å². The minimum absolute atomic E-state index is 0.764. The van der Waals surface area contributed by atoms with Crippen molar-refractivity contribution < 1.29 is 9.05 Å². The standard InChI is InChI=1S/C2H2BrO2P/c3-6-4-1-2-5-6/h1-2H. The predicted octanol–water partition coefficient (Wildman–Crippen LogP) is 2.13. The first kappa shape index (κ1) is 4.41. The molecule has 0 aromatic carbocycles. The van der Waals surface area contributed by atoms with Crippen molar-refractivity contribution in [2.75, 3.05) is 0 Å². The van der Waals surface area contributed by atoms with E-state index in [0.29, 0.717) is 0 Å². The van der Waals surface area contributed by atoms with Crippen molar-refractivity contribution in [3.05, 3.63) is 12.5 Å². The van der Waals surface area contributed by atoms with Gasteiger partial charge >= 0.3 is 7.08 Å². The van der Waals surface area contributed by atoms with E-state index in [1.165, 1.54) is 12.5 Å². The van der Waals surface area contributed by atoms with Gasteiger partial charge in [0, 0.05) is 15.5 Å². The Kier molecular flexibility index (Phi) is 1.33. The SMILES string of the molecule is BrP1OC=CO1. The summed E-state index contributed by atoms with van der Waals surface area (Å²) in [4.78, 5) is 0. The maximum absolute atomic E-state index is 4.73. The highest BCUT2D eigenvalue weighted by atomic mass is 79.9. The summed E-state index contributed by atoms with van der Waals surface area (Å²) in [6.45, 7) is 0. The summed E-state index contributed by atoms with van der Waals surface area (Å²) in [7, 11) is -0.764. The molecule has 1 aliphatic rings. The number of hydrogen-bond acceptors (Lipinski definition) is 2. The molecule has 0 aromatic heterocycles. The number of hydrogen-bond donors (Lipinski definition) is 0. The third-order valence-corrected chi connectivity index (χ3v) is 1.92. The molecule has 0 saturated heterocycles. The summed E-state index contributed by atoms with van der Waals surface area (Å²) in [5.74, 6) is 0. The minimum Gasteiger partial charge on any atom is -0.435 e. The molecule has 2 nitrogen and oxygen atoms in total. The fourth-order valence-electron chi connectivity index (χ4n) is 0.170. The zero-order chi connectivity index (χ0) is 4.41. The van der Waals surface area contributed by atoms with Gasteiger partial charge in [-0.2, -0.15) is 0 Å². The predicted molar refractivity (Wildman–Crippen MR) is 27.2 cm³/mol. The topological polar surface area (TPSA) is 18.5 Å². The van der Waals surface area contributed by atoms with Crippen LogP contribution in [0.3, 0.4) is 0 Å². The fraction of sp³-hybridized carbons (Fsp3) is 0. The van der Waals surface area contributed by atoms with Gasteiger partial charge in [-0.05, 0) is 0 Å². The van der Waals surface area contributed by atoms with Crippen LogP contribution in [0.5, 0.6) is 0 Å². The zero-order valence-electron chi connectivity index (χ0n) is 2.80. The van der Waals surface area contributed by atoms with E-state index >= 15 is 0 Å². The number of rotatable bonds is 0. The molecule has 0 aromatic rings. The van der Waals surface area contributed by atoms with Crippen LogP contribution in [0.1, 0.15) is 0 Å². The highest BCUT2D eigenvalue weighted by Gasteiger charge is 2.06. The van der Waals surface area contributed by atoms with E-state index in [1.807, 2.05) is 0 Å². The van der Waals surface area contributed by atoms with Crippen LogP contribution in [0.15, 0.2) is 12.5 Å². The van der Waals surface area contributed by atoms with Crippen molar-refractivity contribution >= 4 is 22.6 Å². The Hall–Kier alpha value is 0.250. The van der Waals surface area contributed by atoms with Gasteiger partial charge in [-0.3, -0.25) is 0 Å². The molecule has 0 fully saturated rings. The highest BCUT2D eigenvalue weighted by Crippen LogP contribution is 2.50. The maximum atomic E-state index is 4.73. The Morgan fingerprint density at radius 3 is 2.00 bits per heavy atom. The van der Waals surface area contributed by atoms with Crippen LogP contribution in [0.4, 0.5) is 0 Å². The Balaban J connectivity index is 2.32. The van der Waals surface area contributed by atoms with Crippen molar-refractivity contribution in [1.82, 2.24) is 0 Å². The smallest absolute Gasteiger partial charge is 0.367 e. The molecule has 0 bridgehead atoms. The molecule has 0 amide bonds. The average molecular weight is 169 g/mol. The van der Waals surface area contributed by atoms with Crippen molar-refractivity contribution in [2.45, 2.75) is 0 Å². The molecular formula is C2H2BrO2P. The quantitative estimate of drug-likeness (QED) is 0.517. The second kappa shape index (κ2) is 1.80. The van der Waals surface area contributed by atoms with Gasteiger partial charge in [0.1, 0.15) is 12.5 Å². The maximum Gasteiger partial charge on any atom is 0.367 e. The van der Waals surface area contributed by atoms with E-state index in [9.17, 15) is 0 Å². The van der Waals surface area contributed by atoms with Crippen molar-refractivity contribution in [2.24, 2.45) is 0 Å². The molecule has 1 rings (SSSR count). The van der Waals surface area contributed by atoms with Gasteiger partial charge < -0.3 is 9.05 Å². The van der Waals surface area contributed by atoms with E-state index in [4.69, 9.17) is 9.05 Å². The summed E-state index contributed by atoms with van der Waals surface area (Å²) in [5.41, 5.74) is 0. The molecule has 34 valence electrons. The molecule has 0 saturated carbocycles. The second-order valence-corrected chi connectivity index (χ2v) is 3.28. The van der Waals surface area contributed by atoms with Crippen LogP contribution in [0.25, 0.3) is 0 Å². The van der Waals surface area contributed by atoms with Crippen LogP contribution < -0.4 is 0 Å². The van der Waals surface area contributed by atoms with Gasteiger partial charge in [0.2, 0.25) is 0 Å². The second-order valence-electron chi connectivity index (χ2n) is 0.696. The zero-order valence-corrected chi connectivity index (χ0v) is 5.28. The van der Waals surface area contributed by atoms with Crippen molar-refractivity contribution in [1.29, 1.82) is 0 Å². The Bertz CT molecular complexity index is 65.9.